The zero-order chi connectivity index (χ0) is 13.1. The Morgan fingerprint density at radius 1 is 1.25 bits per heavy atom. The first-order valence-electron chi connectivity index (χ1n) is 7.38. The van der Waals surface area contributed by atoms with E-state index in [9.17, 15) is 0 Å². The second kappa shape index (κ2) is 7.19. The highest BCUT2D eigenvalue weighted by Crippen LogP contribution is 2.36. The Morgan fingerprint density at radius 2 is 2.05 bits per heavy atom. The standard InChI is InChI=1S/C16H23NO2.ClH/c1-18-15-7-5-6-14-10-13(12-19-16(14)15)11-17-8-3-2-4-9-17;/h5-7,13H,2-4,8-12H2,1H3;1H. The van der Waals surface area contributed by atoms with Crippen molar-refractivity contribution in [2.75, 3.05) is 33.4 Å². The quantitative estimate of drug-likeness (QED) is 0.855. The third kappa shape index (κ3) is 3.39. The van der Waals surface area contributed by atoms with E-state index in [0.29, 0.717) is 5.92 Å². The van der Waals surface area contributed by atoms with Gasteiger partial charge in [-0.05, 0) is 44.0 Å². The fraction of sp³-hybridized carbons (Fsp3) is 0.625. The molecule has 2 aliphatic heterocycles. The van der Waals surface area contributed by atoms with Gasteiger partial charge in [-0.2, -0.15) is 0 Å². The monoisotopic (exact) mass is 297 g/mol. The average Bonchev–Trinajstić information content (AvgIpc) is 2.47. The van der Waals surface area contributed by atoms with E-state index in [1.807, 2.05) is 6.07 Å². The smallest absolute Gasteiger partial charge is 0.164 e. The van der Waals surface area contributed by atoms with Crippen molar-refractivity contribution < 1.29 is 9.47 Å². The third-order valence-corrected chi connectivity index (χ3v) is 4.22. The summed E-state index contributed by atoms with van der Waals surface area (Å²) in [6.07, 6.45) is 5.23. The van der Waals surface area contributed by atoms with Gasteiger partial charge in [0.25, 0.3) is 0 Å². The van der Waals surface area contributed by atoms with E-state index in [0.717, 1.165) is 24.5 Å². The Balaban J connectivity index is 0.00000147. The van der Waals surface area contributed by atoms with Crippen molar-refractivity contribution in [2.24, 2.45) is 5.92 Å². The highest BCUT2D eigenvalue weighted by molar-refractivity contribution is 5.85. The minimum absolute atomic E-state index is 0. The van der Waals surface area contributed by atoms with Gasteiger partial charge in [0.15, 0.2) is 11.5 Å². The molecule has 112 valence electrons. The second-order valence-corrected chi connectivity index (χ2v) is 5.69. The SMILES string of the molecule is COc1cccc2c1OCC(CN1CCCCC1)C2.Cl. The fourth-order valence-electron chi connectivity index (χ4n) is 3.24. The number of ether oxygens (including phenoxy) is 2. The number of nitrogens with zero attached hydrogens (tertiary/aromatic N) is 1. The average molecular weight is 298 g/mol. The van der Waals surface area contributed by atoms with Crippen LogP contribution in [-0.4, -0.2) is 38.3 Å². The Kier molecular flexibility index (Phi) is 5.55. The van der Waals surface area contributed by atoms with Crippen molar-refractivity contribution in [3.63, 3.8) is 0 Å². The number of methoxy groups -OCH3 is 1. The van der Waals surface area contributed by atoms with E-state index in [-0.39, 0.29) is 12.4 Å². The van der Waals surface area contributed by atoms with Crippen LogP contribution in [0.1, 0.15) is 24.8 Å². The zero-order valence-corrected chi connectivity index (χ0v) is 13.0. The van der Waals surface area contributed by atoms with E-state index >= 15 is 0 Å². The molecule has 2 aliphatic rings. The molecule has 0 aliphatic carbocycles. The number of fused-ring (bicyclic) bond motifs is 1. The molecule has 3 nitrogen and oxygen atoms in total. The van der Waals surface area contributed by atoms with E-state index in [2.05, 4.69) is 17.0 Å². The van der Waals surface area contributed by atoms with Crippen molar-refractivity contribution in [2.45, 2.75) is 25.7 Å². The number of rotatable bonds is 3. The number of likely N-dealkylation sites (tertiary alicyclic amines) is 1. The van der Waals surface area contributed by atoms with E-state index in [1.165, 1.54) is 44.5 Å². The van der Waals surface area contributed by atoms with Crippen LogP contribution in [0.25, 0.3) is 0 Å². The molecule has 0 N–H and O–H groups in total. The first-order chi connectivity index (χ1) is 9.36. The molecule has 0 bridgehead atoms. The Hall–Kier alpha value is -0.930. The van der Waals surface area contributed by atoms with Crippen LogP contribution < -0.4 is 9.47 Å². The van der Waals surface area contributed by atoms with E-state index in [4.69, 9.17) is 9.47 Å². The predicted molar refractivity (Wildman–Crippen MR) is 83.2 cm³/mol. The van der Waals surface area contributed by atoms with Crippen LogP contribution >= 0.6 is 12.4 Å². The fourth-order valence-corrected chi connectivity index (χ4v) is 3.24. The van der Waals surface area contributed by atoms with Crippen LogP contribution in [-0.2, 0) is 6.42 Å². The summed E-state index contributed by atoms with van der Waals surface area (Å²) < 4.78 is 11.3. The molecule has 0 aromatic heterocycles. The van der Waals surface area contributed by atoms with Crippen LogP contribution in [0.3, 0.4) is 0 Å². The highest BCUT2D eigenvalue weighted by atomic mass is 35.5. The number of benzene rings is 1. The maximum Gasteiger partial charge on any atom is 0.164 e. The van der Waals surface area contributed by atoms with Crippen LogP contribution in [0.15, 0.2) is 18.2 Å². The zero-order valence-electron chi connectivity index (χ0n) is 12.1. The van der Waals surface area contributed by atoms with Crippen LogP contribution in [0, 0.1) is 5.92 Å². The third-order valence-electron chi connectivity index (χ3n) is 4.22. The summed E-state index contributed by atoms with van der Waals surface area (Å²) in [7, 11) is 1.71. The Labute approximate surface area is 127 Å². The lowest BCUT2D eigenvalue weighted by atomic mass is 9.95. The van der Waals surface area contributed by atoms with Gasteiger partial charge in [0.1, 0.15) is 0 Å². The van der Waals surface area contributed by atoms with Crippen molar-refractivity contribution in [3.8, 4) is 11.5 Å². The van der Waals surface area contributed by atoms with Crippen molar-refractivity contribution in [1.82, 2.24) is 4.90 Å². The lowest BCUT2D eigenvalue weighted by Crippen LogP contribution is -2.38. The molecule has 0 spiro atoms. The highest BCUT2D eigenvalue weighted by Gasteiger charge is 2.24. The van der Waals surface area contributed by atoms with Gasteiger partial charge in [-0.25, -0.2) is 0 Å². The van der Waals surface area contributed by atoms with Gasteiger partial charge in [-0.1, -0.05) is 18.6 Å². The summed E-state index contributed by atoms with van der Waals surface area (Å²) >= 11 is 0. The van der Waals surface area contributed by atoms with Gasteiger partial charge in [-0.3, -0.25) is 0 Å². The molecule has 20 heavy (non-hydrogen) atoms. The molecule has 1 aromatic rings. The molecular weight excluding hydrogens is 274 g/mol. The number of para-hydroxylation sites is 1. The summed E-state index contributed by atoms with van der Waals surface area (Å²) in [5.41, 5.74) is 1.30. The number of halogens is 1. The lowest BCUT2D eigenvalue weighted by Gasteiger charge is -2.33. The van der Waals surface area contributed by atoms with Crippen molar-refractivity contribution >= 4 is 12.4 Å². The van der Waals surface area contributed by atoms with Gasteiger partial charge in [-0.15, -0.1) is 12.4 Å². The molecule has 3 rings (SSSR count). The lowest BCUT2D eigenvalue weighted by molar-refractivity contribution is 0.141. The van der Waals surface area contributed by atoms with Crippen molar-refractivity contribution in [3.05, 3.63) is 23.8 Å². The molecule has 4 heteroatoms. The predicted octanol–water partition coefficient (Wildman–Crippen LogP) is 3.15. The number of hydrogen-bond donors (Lipinski definition) is 0. The summed E-state index contributed by atoms with van der Waals surface area (Å²) in [6.45, 7) is 4.53. The molecule has 1 saturated heterocycles. The van der Waals surface area contributed by atoms with Gasteiger partial charge < -0.3 is 14.4 Å². The van der Waals surface area contributed by atoms with E-state index < -0.39 is 0 Å². The first-order valence-corrected chi connectivity index (χ1v) is 7.38. The number of piperidine rings is 1. The minimum Gasteiger partial charge on any atom is -0.493 e. The topological polar surface area (TPSA) is 21.7 Å². The second-order valence-electron chi connectivity index (χ2n) is 5.69. The van der Waals surface area contributed by atoms with Crippen LogP contribution in [0.4, 0.5) is 0 Å². The molecule has 1 fully saturated rings. The molecule has 1 aromatic carbocycles. The summed E-state index contributed by atoms with van der Waals surface area (Å²) in [5.74, 6) is 2.45. The van der Waals surface area contributed by atoms with Gasteiger partial charge in [0, 0.05) is 12.5 Å². The van der Waals surface area contributed by atoms with E-state index in [1.54, 1.807) is 7.11 Å². The molecule has 0 saturated carbocycles. The van der Waals surface area contributed by atoms with Gasteiger partial charge in [0.2, 0.25) is 0 Å². The molecule has 1 atom stereocenters. The molecule has 0 amide bonds. The Bertz CT molecular complexity index is 432. The first kappa shape index (κ1) is 15.5. The van der Waals surface area contributed by atoms with Crippen LogP contribution in [0.5, 0.6) is 11.5 Å². The largest absolute Gasteiger partial charge is 0.493 e. The summed E-state index contributed by atoms with van der Waals surface area (Å²) in [4.78, 5) is 2.60. The molecular formula is C16H24ClNO2. The van der Waals surface area contributed by atoms with Gasteiger partial charge in [0.05, 0.1) is 13.7 Å². The number of hydrogen-bond acceptors (Lipinski definition) is 3. The normalized spacial score (nSPS) is 22.4. The Morgan fingerprint density at radius 3 is 2.80 bits per heavy atom. The maximum atomic E-state index is 5.95. The van der Waals surface area contributed by atoms with Gasteiger partial charge >= 0.3 is 0 Å². The molecule has 0 radical (unpaired) electrons. The van der Waals surface area contributed by atoms with Crippen molar-refractivity contribution in [1.29, 1.82) is 0 Å². The minimum atomic E-state index is 0. The summed E-state index contributed by atoms with van der Waals surface area (Å²) in [5, 5.41) is 0. The maximum absolute atomic E-state index is 5.95. The van der Waals surface area contributed by atoms with Crippen LogP contribution in [0.2, 0.25) is 0 Å². The molecule has 2 heterocycles. The molecule has 1 unspecified atom stereocenters. The summed E-state index contributed by atoms with van der Waals surface area (Å²) in [6, 6.07) is 6.20.